The van der Waals surface area contributed by atoms with Gasteiger partial charge in [-0.05, 0) is 56.4 Å². The lowest BCUT2D eigenvalue weighted by atomic mass is 10.00. The van der Waals surface area contributed by atoms with Crippen molar-refractivity contribution >= 4 is 29.6 Å². The second kappa shape index (κ2) is 17.0. The molecule has 0 saturated heterocycles. The standard InChI is InChI=1S/C32H43FN4O6/c1-7-11-25(28(38)31(41)34-21(6)23-12-9-8-10-13-23)35-29(39)26(18-22-14-16-24(33)17-15-22)36-30(40)27(19(2)3)37-32(42)43-20(4)5/h8-10,12-17,19-21,25-27H,7,11,18H2,1-6H3,(H,34,41)(H,35,39)(H,36,40)(H,37,42)/t21-,25+,26-,27-/m0/s1. The molecule has 4 amide bonds. The number of ketones is 1. The van der Waals surface area contributed by atoms with Gasteiger partial charge in [0.05, 0.1) is 18.2 Å². The van der Waals surface area contributed by atoms with Gasteiger partial charge in [0, 0.05) is 6.42 Å². The summed E-state index contributed by atoms with van der Waals surface area (Å²) in [7, 11) is 0. The molecule has 0 aliphatic rings. The van der Waals surface area contributed by atoms with Gasteiger partial charge in [-0.3, -0.25) is 19.2 Å². The number of carbonyl (C=O) groups excluding carboxylic acids is 5. The van der Waals surface area contributed by atoms with Crippen LogP contribution in [0.5, 0.6) is 0 Å². The van der Waals surface area contributed by atoms with Gasteiger partial charge in [-0.25, -0.2) is 9.18 Å². The molecule has 4 N–H and O–H groups in total. The fraction of sp³-hybridized carbons (Fsp3) is 0.469. The van der Waals surface area contributed by atoms with Gasteiger partial charge in [0.2, 0.25) is 17.6 Å². The van der Waals surface area contributed by atoms with Crippen LogP contribution in [0.25, 0.3) is 0 Å². The quantitative estimate of drug-likeness (QED) is 0.230. The second-order valence-corrected chi connectivity index (χ2v) is 11.0. The van der Waals surface area contributed by atoms with Gasteiger partial charge in [0.1, 0.15) is 17.9 Å². The predicted molar refractivity (Wildman–Crippen MR) is 160 cm³/mol. The van der Waals surface area contributed by atoms with Crippen LogP contribution in [0.3, 0.4) is 0 Å². The molecule has 0 aliphatic carbocycles. The molecular formula is C32H43FN4O6. The summed E-state index contributed by atoms with van der Waals surface area (Å²) in [5, 5.41) is 10.5. The average molecular weight is 599 g/mol. The number of benzene rings is 2. The first-order chi connectivity index (χ1) is 20.3. The zero-order valence-electron chi connectivity index (χ0n) is 25.6. The molecule has 0 aliphatic heterocycles. The fourth-order valence-electron chi connectivity index (χ4n) is 4.32. The van der Waals surface area contributed by atoms with Gasteiger partial charge in [0.25, 0.3) is 5.91 Å². The highest BCUT2D eigenvalue weighted by Gasteiger charge is 2.33. The van der Waals surface area contributed by atoms with Gasteiger partial charge in [-0.15, -0.1) is 0 Å². The smallest absolute Gasteiger partial charge is 0.408 e. The van der Waals surface area contributed by atoms with Gasteiger partial charge in [0.15, 0.2) is 0 Å². The largest absolute Gasteiger partial charge is 0.447 e. The summed E-state index contributed by atoms with van der Waals surface area (Å²) in [5.41, 5.74) is 1.36. The van der Waals surface area contributed by atoms with E-state index >= 15 is 0 Å². The van der Waals surface area contributed by atoms with E-state index in [9.17, 15) is 28.4 Å². The molecule has 43 heavy (non-hydrogen) atoms. The molecule has 0 saturated carbocycles. The summed E-state index contributed by atoms with van der Waals surface area (Å²) in [6.45, 7) is 10.3. The minimum absolute atomic E-state index is 0.0383. The zero-order chi connectivity index (χ0) is 32.1. The van der Waals surface area contributed by atoms with Crippen LogP contribution >= 0.6 is 0 Å². The number of hydrogen-bond donors (Lipinski definition) is 4. The van der Waals surface area contributed by atoms with Crippen molar-refractivity contribution in [2.45, 2.75) is 91.1 Å². The Labute approximate surface area is 252 Å². The van der Waals surface area contributed by atoms with Crippen LogP contribution in [-0.2, 0) is 30.3 Å². The second-order valence-electron chi connectivity index (χ2n) is 11.0. The van der Waals surface area contributed by atoms with Gasteiger partial charge in [-0.2, -0.15) is 0 Å². The lowest BCUT2D eigenvalue weighted by molar-refractivity contribution is -0.141. The molecule has 0 spiro atoms. The van der Waals surface area contributed by atoms with Gasteiger partial charge < -0.3 is 26.0 Å². The van der Waals surface area contributed by atoms with E-state index in [1.165, 1.54) is 24.3 Å². The summed E-state index contributed by atoms with van der Waals surface area (Å²) >= 11 is 0. The van der Waals surface area contributed by atoms with Crippen LogP contribution in [0.15, 0.2) is 54.6 Å². The third-order valence-electron chi connectivity index (χ3n) is 6.63. The van der Waals surface area contributed by atoms with Crippen LogP contribution in [0.2, 0.25) is 0 Å². The Morgan fingerprint density at radius 2 is 1.37 bits per heavy atom. The number of carbonyl (C=O) groups is 5. The molecule has 0 heterocycles. The van der Waals surface area contributed by atoms with Crippen LogP contribution in [0.4, 0.5) is 9.18 Å². The van der Waals surface area contributed by atoms with E-state index in [0.717, 1.165) is 5.56 Å². The number of ether oxygens (including phenoxy) is 1. The molecule has 4 atom stereocenters. The molecule has 234 valence electrons. The Morgan fingerprint density at radius 3 is 1.93 bits per heavy atom. The Bertz CT molecular complexity index is 1240. The van der Waals surface area contributed by atoms with Gasteiger partial charge >= 0.3 is 6.09 Å². The first kappa shape index (κ1) is 34.9. The number of Topliss-reactive ketones (excluding diaryl/α,β-unsaturated/α-hetero) is 1. The third kappa shape index (κ3) is 11.5. The maximum Gasteiger partial charge on any atom is 0.408 e. The van der Waals surface area contributed by atoms with Crippen molar-refractivity contribution in [2.24, 2.45) is 5.92 Å². The molecular weight excluding hydrogens is 555 g/mol. The minimum Gasteiger partial charge on any atom is -0.447 e. The maximum atomic E-state index is 13.6. The number of nitrogens with one attached hydrogen (secondary N) is 4. The number of hydrogen-bond acceptors (Lipinski definition) is 6. The molecule has 0 bridgehead atoms. The van der Waals surface area contributed by atoms with Crippen molar-refractivity contribution in [1.82, 2.24) is 21.3 Å². The molecule has 0 aromatic heterocycles. The van der Waals surface area contributed by atoms with Gasteiger partial charge in [-0.1, -0.05) is 69.7 Å². The van der Waals surface area contributed by atoms with Crippen LogP contribution < -0.4 is 21.3 Å². The van der Waals surface area contributed by atoms with Crippen molar-refractivity contribution in [3.63, 3.8) is 0 Å². The number of halogens is 1. The molecule has 11 heteroatoms. The van der Waals surface area contributed by atoms with E-state index in [1.54, 1.807) is 34.6 Å². The van der Waals surface area contributed by atoms with E-state index in [-0.39, 0.29) is 18.8 Å². The highest BCUT2D eigenvalue weighted by molar-refractivity contribution is 6.38. The molecule has 10 nitrogen and oxygen atoms in total. The van der Waals surface area contributed by atoms with Crippen molar-refractivity contribution in [3.05, 3.63) is 71.5 Å². The highest BCUT2D eigenvalue weighted by Crippen LogP contribution is 2.13. The van der Waals surface area contributed by atoms with E-state index in [4.69, 9.17) is 4.74 Å². The lowest BCUT2D eigenvalue weighted by Gasteiger charge is -2.27. The summed E-state index contributed by atoms with van der Waals surface area (Å²) in [6.07, 6.45) is -0.554. The van der Waals surface area contributed by atoms with E-state index in [0.29, 0.717) is 12.0 Å². The Kier molecular flexibility index (Phi) is 13.8. The molecule has 0 radical (unpaired) electrons. The SMILES string of the molecule is CCC[C@@H](NC(=O)[C@H](Cc1ccc(F)cc1)NC(=O)[C@@H](NC(=O)OC(C)C)C(C)C)C(=O)C(=O)N[C@@H](C)c1ccccc1. The normalized spacial score (nSPS) is 13.8. The first-order valence-corrected chi connectivity index (χ1v) is 14.5. The Morgan fingerprint density at radius 1 is 0.767 bits per heavy atom. The van der Waals surface area contributed by atoms with Crippen molar-refractivity contribution in [2.75, 3.05) is 0 Å². The Balaban J connectivity index is 2.24. The van der Waals surface area contributed by atoms with E-state index in [1.807, 2.05) is 37.3 Å². The first-order valence-electron chi connectivity index (χ1n) is 14.5. The number of amides is 4. The van der Waals surface area contributed by atoms with Crippen LogP contribution in [-0.4, -0.2) is 53.8 Å². The summed E-state index contributed by atoms with van der Waals surface area (Å²) in [4.78, 5) is 65.2. The fourth-order valence-corrected chi connectivity index (χ4v) is 4.32. The summed E-state index contributed by atoms with van der Waals surface area (Å²) < 4.78 is 18.6. The van der Waals surface area contributed by atoms with Crippen LogP contribution in [0, 0.1) is 11.7 Å². The topological polar surface area (TPSA) is 143 Å². The van der Waals surface area contributed by atoms with Crippen LogP contribution in [0.1, 0.15) is 71.6 Å². The van der Waals surface area contributed by atoms with E-state index < -0.39 is 65.7 Å². The van der Waals surface area contributed by atoms with Crippen molar-refractivity contribution in [1.29, 1.82) is 0 Å². The maximum absolute atomic E-state index is 13.6. The minimum atomic E-state index is -1.21. The molecule has 2 aromatic rings. The highest BCUT2D eigenvalue weighted by atomic mass is 19.1. The Hall–Kier alpha value is -4.28. The summed E-state index contributed by atoms with van der Waals surface area (Å²) in [6, 6.07) is 10.7. The lowest BCUT2D eigenvalue weighted by Crippen LogP contribution is -2.58. The molecule has 2 rings (SSSR count). The van der Waals surface area contributed by atoms with E-state index in [2.05, 4.69) is 21.3 Å². The number of alkyl carbamates (subject to hydrolysis) is 1. The van der Waals surface area contributed by atoms with Crippen molar-refractivity contribution < 1.29 is 33.1 Å². The predicted octanol–water partition coefficient (Wildman–Crippen LogP) is 3.74. The zero-order valence-corrected chi connectivity index (χ0v) is 25.6. The molecule has 2 aromatic carbocycles. The van der Waals surface area contributed by atoms with Crippen molar-refractivity contribution in [3.8, 4) is 0 Å². The third-order valence-corrected chi connectivity index (χ3v) is 6.63. The monoisotopic (exact) mass is 598 g/mol. The molecule has 0 unspecified atom stereocenters. The summed E-state index contributed by atoms with van der Waals surface area (Å²) in [5.74, 6) is -3.85. The average Bonchev–Trinajstić information content (AvgIpc) is 2.95. The number of rotatable bonds is 15. The molecule has 0 fully saturated rings.